The molecule has 5 saturated carbocycles. The third-order valence-corrected chi connectivity index (χ3v) is 23.5. The van der Waals surface area contributed by atoms with E-state index in [-0.39, 0.29) is 141 Å². The molecule has 2 radical (unpaired) electrons. The molecule has 5 aliphatic carbocycles. The normalized spacial score (nSPS) is 32.4. The van der Waals surface area contributed by atoms with Gasteiger partial charge in [-0.25, -0.2) is 32.5 Å². The van der Waals surface area contributed by atoms with Gasteiger partial charge in [0.25, 0.3) is 11.8 Å². The Balaban J connectivity index is 0.000000208. The fraction of sp³-hybridized carbons (Fsp3) is 0.703. The van der Waals surface area contributed by atoms with Crippen LogP contribution in [0.4, 0.5) is 17.6 Å². The van der Waals surface area contributed by atoms with E-state index in [2.05, 4.69) is 32.5 Å². The number of amides is 2. The maximum Gasteiger partial charge on any atom is 0.307 e. The molecule has 0 N–H and O–H groups in total. The SMILES string of the molecule is CC[C@@H]1[C@@H]2CN(C(=O)[C@H](C3CCCCC3)CC(=O)O[C@@H]3CC4CC4[C@H]3CCCCC(F)(F)c3nc4ccc(OC)cc4nc3O2)[C@@H]1[C-]=O.CC[C@@H]1[C@@H]2CN(C(=O)[C@H](C3CCCCC3)CC(=O)O[C@]3(C)CCC[C@H]3CCCCC(F)(F)c3nc4ccc(OC)cc4nc3O2)[C@@H]1[C-]=O.[V].[V]. The molecule has 18 nitrogen and oxygen atoms in total. The van der Waals surface area contributed by atoms with Gasteiger partial charge in [0.2, 0.25) is 23.6 Å². The van der Waals surface area contributed by atoms with Crippen molar-refractivity contribution in [3.05, 3.63) is 47.8 Å². The first-order valence-electron chi connectivity index (χ1n) is 35.9. The van der Waals surface area contributed by atoms with Gasteiger partial charge >= 0.3 is 11.9 Å². The predicted molar refractivity (Wildman–Crippen MR) is 346 cm³/mol. The van der Waals surface area contributed by atoms with Gasteiger partial charge in [0, 0.05) is 62.1 Å². The van der Waals surface area contributed by atoms with Gasteiger partial charge in [0.05, 0.1) is 74.1 Å². The van der Waals surface area contributed by atoms with Gasteiger partial charge < -0.3 is 47.8 Å². The van der Waals surface area contributed by atoms with Crippen molar-refractivity contribution in [3.63, 3.8) is 0 Å². The van der Waals surface area contributed by atoms with Crippen molar-refractivity contribution in [1.82, 2.24) is 29.7 Å². The predicted octanol–water partition coefficient (Wildman–Crippen LogP) is 13.6. The van der Waals surface area contributed by atoms with E-state index in [9.17, 15) is 28.8 Å². The van der Waals surface area contributed by atoms with Gasteiger partial charge in [0.1, 0.15) is 35.4 Å². The molecule has 98 heavy (non-hydrogen) atoms. The van der Waals surface area contributed by atoms with E-state index in [0.717, 1.165) is 89.9 Å². The summed E-state index contributed by atoms with van der Waals surface area (Å²) >= 11 is 0. The van der Waals surface area contributed by atoms with E-state index in [1.165, 1.54) is 24.0 Å². The van der Waals surface area contributed by atoms with Gasteiger partial charge in [0.15, 0.2) is 11.4 Å². The smallest absolute Gasteiger partial charge is 0.307 e. The van der Waals surface area contributed by atoms with Crippen LogP contribution in [0.1, 0.15) is 206 Å². The summed E-state index contributed by atoms with van der Waals surface area (Å²) in [6, 6.07) is 7.84. The Bertz CT molecular complexity index is 3380. The van der Waals surface area contributed by atoms with Gasteiger partial charge in [-0.15, -0.1) is 0 Å². The number of hydrogen-bond donors (Lipinski definition) is 0. The van der Waals surface area contributed by atoms with Crippen LogP contribution in [-0.2, 0) is 87.2 Å². The second kappa shape index (κ2) is 32.2. The molecule has 6 heterocycles. The van der Waals surface area contributed by atoms with Crippen molar-refractivity contribution < 1.29 is 112 Å². The molecule has 9 aliphatic rings. The van der Waals surface area contributed by atoms with Crippen molar-refractivity contribution in [1.29, 1.82) is 0 Å². The summed E-state index contributed by atoms with van der Waals surface area (Å²) < 4.78 is 100. The number of fused-ring (bicyclic) bond motifs is 12. The molecule has 2 unspecified atom stereocenters. The molecule has 532 valence electrons. The number of esters is 2. The van der Waals surface area contributed by atoms with Crippen LogP contribution in [0.15, 0.2) is 36.4 Å². The van der Waals surface area contributed by atoms with E-state index in [0.29, 0.717) is 84.8 Å². The summed E-state index contributed by atoms with van der Waals surface area (Å²) in [5.41, 5.74) is -0.545. The van der Waals surface area contributed by atoms with E-state index < -0.39 is 95.6 Å². The zero-order chi connectivity index (χ0) is 67.6. The van der Waals surface area contributed by atoms with Crippen molar-refractivity contribution in [2.75, 3.05) is 27.3 Å². The molecular weight excluding hydrogens is 1340 g/mol. The number of carbonyl (C=O) groups is 4. The molecule has 24 heteroatoms. The standard InChI is InChI=1S/C37H46F2N3O6.C37H48F2N3O6.2V/c1-3-24-30(20-43)42-19-32(24)48-35-34(40-28-13-12-23(46-2)17-29(28)41-35)37(38,39)14-8-7-11-25-26-15-22(26)16-31(25)47-33(44)18-27(36(42)45)21-9-5-4-6-10-21;1-4-26-30(22-43)42-21-31(26)47-34-33(40-28-16-15-25(46-3)19-29(28)41-34)37(38,39)18-9-8-13-24-14-10-17-36(24,2)48-32(44)20-27(35(42)45)23-11-6-5-7-12-23;;/h12-13,17,21-22,24-27,30-32H,3-11,14-16,18-19H2,1-2H3;15-16,19,23-24,26-27,30-31H,4-14,17-18,20-21H2,1-3H3;;/q2*-1;;/t22?,24-,25+,26?,27-,30+,31+,32-;24-,26+,27+,30-,31+,36-;;/m01../s1. The van der Waals surface area contributed by atoms with E-state index in [1.807, 2.05) is 20.8 Å². The number of methoxy groups -OCH3 is 2. The zero-order valence-corrected chi connectivity index (χ0v) is 59.9. The van der Waals surface area contributed by atoms with Crippen LogP contribution in [0.5, 0.6) is 23.3 Å². The van der Waals surface area contributed by atoms with Gasteiger partial charge in [-0.2, -0.15) is 17.6 Å². The maximum atomic E-state index is 16.2. The van der Waals surface area contributed by atoms with E-state index >= 15 is 17.6 Å². The number of aromatic nitrogens is 4. The molecule has 4 bridgehead atoms. The minimum atomic E-state index is -3.36. The second-order valence-corrected chi connectivity index (χ2v) is 29.3. The van der Waals surface area contributed by atoms with Crippen LogP contribution in [0.2, 0.25) is 0 Å². The number of ether oxygens (including phenoxy) is 6. The van der Waals surface area contributed by atoms with Crippen molar-refractivity contribution in [2.24, 2.45) is 59.2 Å². The molecular formula is C74H94F4N6O12V2-2. The van der Waals surface area contributed by atoms with Crippen LogP contribution in [0, 0.1) is 59.2 Å². The van der Waals surface area contributed by atoms with Crippen molar-refractivity contribution >= 4 is 58.4 Å². The molecule has 0 spiro atoms. The van der Waals surface area contributed by atoms with Crippen LogP contribution >= 0.6 is 0 Å². The Kier molecular flexibility index (Phi) is 24.7. The fourth-order valence-corrected chi connectivity index (χ4v) is 18.1. The summed E-state index contributed by atoms with van der Waals surface area (Å²) in [6.45, 7) is 5.67. The maximum absolute atomic E-state index is 16.2. The molecule has 2 aromatic carbocycles. The largest absolute Gasteiger partial charge is 0.540 e. The molecule has 7 fully saturated rings. The Hall–Kier alpha value is -5.57. The summed E-state index contributed by atoms with van der Waals surface area (Å²) in [5.74, 6) is -8.85. The van der Waals surface area contributed by atoms with Gasteiger partial charge in [-0.1, -0.05) is 90.1 Å². The van der Waals surface area contributed by atoms with Crippen LogP contribution in [0.25, 0.3) is 22.1 Å². The molecule has 14 atom stereocenters. The third-order valence-electron chi connectivity index (χ3n) is 23.5. The number of carbonyl (C=O) groups excluding carboxylic acids is 6. The second-order valence-electron chi connectivity index (χ2n) is 29.3. The molecule has 2 aromatic heterocycles. The zero-order valence-electron chi connectivity index (χ0n) is 57.1. The fourth-order valence-electron chi connectivity index (χ4n) is 18.1. The molecule has 4 aromatic rings. The number of nitrogens with zero attached hydrogens (tertiary/aromatic N) is 6. The van der Waals surface area contributed by atoms with E-state index in [4.69, 9.17) is 28.4 Å². The minimum absolute atomic E-state index is 0. The quantitative estimate of drug-likeness (QED) is 0.0910. The Morgan fingerprint density at radius 2 is 0.980 bits per heavy atom. The average molecular weight is 1440 g/mol. The first-order chi connectivity index (χ1) is 46.3. The van der Waals surface area contributed by atoms with Crippen LogP contribution in [-0.4, -0.2) is 129 Å². The summed E-state index contributed by atoms with van der Waals surface area (Å²) in [5, 5.41) is 0. The topological polar surface area (TPSA) is 216 Å². The van der Waals surface area contributed by atoms with E-state index in [1.54, 1.807) is 36.4 Å². The Labute approximate surface area is 596 Å². The number of hydrogen-bond acceptors (Lipinski definition) is 16. The molecule has 4 aliphatic heterocycles. The summed E-state index contributed by atoms with van der Waals surface area (Å²) in [7, 11) is 3.02. The molecule has 2 saturated heterocycles. The van der Waals surface area contributed by atoms with Gasteiger partial charge in [-0.05, 0) is 162 Å². The molecule has 2 amide bonds. The summed E-state index contributed by atoms with van der Waals surface area (Å²) in [6.07, 6.45) is 18.8. The number of benzene rings is 2. The summed E-state index contributed by atoms with van der Waals surface area (Å²) in [4.78, 5) is 102. The Morgan fingerprint density at radius 1 is 0.520 bits per heavy atom. The molecule has 13 rings (SSSR count). The van der Waals surface area contributed by atoms with Gasteiger partial charge in [-0.3, -0.25) is 19.2 Å². The number of rotatable bonds is 8. The van der Waals surface area contributed by atoms with Crippen molar-refractivity contribution in [2.45, 2.75) is 242 Å². The minimum Gasteiger partial charge on any atom is -0.540 e. The number of alkyl halides is 4. The monoisotopic (exact) mass is 1440 g/mol. The number of halogens is 4. The Morgan fingerprint density at radius 3 is 1.45 bits per heavy atom. The van der Waals surface area contributed by atoms with Crippen LogP contribution < -0.4 is 18.9 Å². The first-order valence-corrected chi connectivity index (χ1v) is 35.9. The average Bonchev–Trinajstić information content (AvgIpc) is 1.59. The third kappa shape index (κ3) is 16.0. The van der Waals surface area contributed by atoms with Crippen LogP contribution in [0.3, 0.4) is 0 Å². The van der Waals surface area contributed by atoms with Crippen molar-refractivity contribution in [3.8, 4) is 23.3 Å². The first kappa shape index (κ1) is 75.1.